The van der Waals surface area contributed by atoms with E-state index in [0.717, 1.165) is 12.8 Å². The minimum atomic E-state index is -0.734. The van der Waals surface area contributed by atoms with Crippen LogP contribution < -0.4 is 5.32 Å². The van der Waals surface area contributed by atoms with Gasteiger partial charge in [0.15, 0.2) is 0 Å². The van der Waals surface area contributed by atoms with Crippen LogP contribution in [0.25, 0.3) is 0 Å². The Kier molecular flexibility index (Phi) is 6.65. The van der Waals surface area contributed by atoms with Gasteiger partial charge in [0.25, 0.3) is 0 Å². The summed E-state index contributed by atoms with van der Waals surface area (Å²) in [6.45, 7) is 4.44. The van der Waals surface area contributed by atoms with Gasteiger partial charge in [-0.25, -0.2) is 4.79 Å². The predicted octanol–water partition coefficient (Wildman–Crippen LogP) is 2.27. The Labute approximate surface area is 110 Å². The quantitative estimate of drug-likeness (QED) is 0.586. The van der Waals surface area contributed by atoms with Crippen molar-refractivity contribution in [1.82, 2.24) is 5.32 Å². The third kappa shape index (κ3) is 4.58. The molecule has 1 rings (SSSR count). The largest absolute Gasteiger partial charge is 0.465 e. The Morgan fingerprint density at radius 2 is 1.89 bits per heavy atom. The number of hydrogen-bond donors (Lipinski definition) is 1. The fourth-order valence-corrected chi connectivity index (χ4v) is 2.22. The number of ether oxygens (including phenoxy) is 2. The molecule has 0 heterocycles. The minimum absolute atomic E-state index is 0.235. The van der Waals surface area contributed by atoms with Crippen LogP contribution in [0.5, 0.6) is 0 Å². The maximum Gasteiger partial charge on any atom is 0.328 e. The Morgan fingerprint density at radius 1 is 1.28 bits per heavy atom. The van der Waals surface area contributed by atoms with Gasteiger partial charge in [-0.3, -0.25) is 0 Å². The van der Waals surface area contributed by atoms with Crippen LogP contribution in [0.15, 0.2) is 0 Å². The van der Waals surface area contributed by atoms with Crippen LogP contribution in [-0.4, -0.2) is 37.9 Å². The van der Waals surface area contributed by atoms with Gasteiger partial charge in [-0.2, -0.15) is 0 Å². The molecular weight excluding hydrogens is 230 g/mol. The van der Waals surface area contributed by atoms with Gasteiger partial charge in [0, 0.05) is 0 Å². The van der Waals surface area contributed by atoms with E-state index in [9.17, 15) is 4.79 Å². The molecule has 0 radical (unpaired) electrons. The fraction of sp³-hybridized carbons (Fsp3) is 0.929. The molecule has 0 amide bonds. The molecule has 1 N–H and O–H groups in total. The molecule has 0 aromatic heterocycles. The summed E-state index contributed by atoms with van der Waals surface area (Å²) < 4.78 is 11.0. The Balaban J connectivity index is 2.44. The number of nitrogens with one attached hydrogen (secondary N) is 1. The van der Waals surface area contributed by atoms with Gasteiger partial charge in [0.05, 0.1) is 19.3 Å². The van der Waals surface area contributed by atoms with Crippen molar-refractivity contribution in [2.45, 2.75) is 64.0 Å². The number of carbonyl (C=O) groups excluding carboxylic acids is 1. The number of esters is 1. The van der Waals surface area contributed by atoms with Crippen LogP contribution in [0.2, 0.25) is 0 Å². The van der Waals surface area contributed by atoms with E-state index in [1.54, 1.807) is 7.05 Å². The first-order valence-corrected chi connectivity index (χ1v) is 7.10. The number of carbonyl (C=O) groups is 1. The summed E-state index contributed by atoms with van der Waals surface area (Å²) in [5.74, 6) is -0.235. The van der Waals surface area contributed by atoms with Crippen molar-refractivity contribution in [1.29, 1.82) is 0 Å². The molecule has 0 aliphatic heterocycles. The molecule has 0 spiro atoms. The lowest BCUT2D eigenvalue weighted by molar-refractivity contribution is -0.154. The first kappa shape index (κ1) is 15.4. The summed E-state index contributed by atoms with van der Waals surface area (Å²) >= 11 is 0. The highest BCUT2D eigenvalue weighted by molar-refractivity contribution is 5.80. The van der Waals surface area contributed by atoms with Gasteiger partial charge in [-0.05, 0) is 33.7 Å². The summed E-state index contributed by atoms with van der Waals surface area (Å²) in [6, 6.07) is 0. The number of likely N-dealkylation sites (N-methyl/N-ethyl adjacent to an activating group) is 1. The highest BCUT2D eigenvalue weighted by Crippen LogP contribution is 2.21. The Hall–Kier alpha value is -0.610. The normalized spacial score (nSPS) is 21.1. The van der Waals surface area contributed by atoms with Crippen molar-refractivity contribution < 1.29 is 14.3 Å². The highest BCUT2D eigenvalue weighted by Gasteiger charge is 2.34. The molecule has 1 saturated carbocycles. The van der Waals surface area contributed by atoms with E-state index < -0.39 is 5.54 Å². The van der Waals surface area contributed by atoms with E-state index in [1.165, 1.54) is 25.7 Å². The standard InChI is InChI=1S/C14H27NO3/c1-4-17-13(16)14(2,15-3)11-18-12-9-7-5-6-8-10-12/h12,15H,4-11H2,1-3H3. The molecule has 0 bridgehead atoms. The van der Waals surface area contributed by atoms with Crippen LogP contribution in [0.1, 0.15) is 52.4 Å². The fourth-order valence-electron chi connectivity index (χ4n) is 2.22. The molecule has 1 unspecified atom stereocenters. The summed E-state index contributed by atoms with van der Waals surface area (Å²) in [6.07, 6.45) is 7.61. The molecule has 18 heavy (non-hydrogen) atoms. The van der Waals surface area contributed by atoms with Crippen molar-refractivity contribution in [2.24, 2.45) is 0 Å². The van der Waals surface area contributed by atoms with Gasteiger partial charge in [0.1, 0.15) is 5.54 Å². The molecule has 1 atom stereocenters. The van der Waals surface area contributed by atoms with Crippen molar-refractivity contribution in [3.63, 3.8) is 0 Å². The van der Waals surface area contributed by atoms with Crippen molar-refractivity contribution in [2.75, 3.05) is 20.3 Å². The van der Waals surface area contributed by atoms with Crippen LogP contribution in [-0.2, 0) is 14.3 Å². The average molecular weight is 257 g/mol. The third-order valence-corrected chi connectivity index (χ3v) is 3.69. The van der Waals surface area contributed by atoms with E-state index >= 15 is 0 Å². The van der Waals surface area contributed by atoms with Crippen LogP contribution in [0, 0.1) is 0 Å². The maximum atomic E-state index is 11.9. The van der Waals surface area contributed by atoms with Gasteiger partial charge in [-0.15, -0.1) is 0 Å². The minimum Gasteiger partial charge on any atom is -0.465 e. The number of rotatable bonds is 6. The van der Waals surface area contributed by atoms with Crippen molar-refractivity contribution in [3.05, 3.63) is 0 Å². The molecule has 1 aliphatic rings. The zero-order chi connectivity index (χ0) is 13.4. The van der Waals surface area contributed by atoms with Gasteiger partial charge < -0.3 is 14.8 Å². The van der Waals surface area contributed by atoms with Crippen molar-refractivity contribution >= 4 is 5.97 Å². The van der Waals surface area contributed by atoms with Gasteiger partial charge in [0.2, 0.25) is 0 Å². The van der Waals surface area contributed by atoms with Gasteiger partial charge in [-0.1, -0.05) is 25.7 Å². The second-order valence-corrected chi connectivity index (χ2v) is 5.23. The average Bonchev–Trinajstić information content (AvgIpc) is 2.64. The summed E-state index contributed by atoms with van der Waals surface area (Å²) in [5, 5.41) is 3.02. The molecule has 106 valence electrons. The zero-order valence-corrected chi connectivity index (χ0v) is 12.0. The zero-order valence-electron chi connectivity index (χ0n) is 12.0. The van der Waals surface area contributed by atoms with Gasteiger partial charge >= 0.3 is 5.97 Å². The van der Waals surface area contributed by atoms with Crippen LogP contribution >= 0.6 is 0 Å². The Bertz CT molecular complexity index is 249. The van der Waals surface area contributed by atoms with E-state index in [1.807, 2.05) is 13.8 Å². The smallest absolute Gasteiger partial charge is 0.328 e. The SMILES string of the molecule is CCOC(=O)C(C)(COC1CCCCCC1)NC. The van der Waals surface area contributed by atoms with E-state index in [-0.39, 0.29) is 5.97 Å². The number of hydrogen-bond acceptors (Lipinski definition) is 4. The molecular formula is C14H27NO3. The van der Waals surface area contributed by atoms with E-state index in [0.29, 0.717) is 19.3 Å². The molecule has 4 heteroatoms. The molecule has 0 aromatic rings. The second kappa shape index (κ2) is 7.74. The first-order valence-electron chi connectivity index (χ1n) is 7.10. The Morgan fingerprint density at radius 3 is 2.39 bits per heavy atom. The summed E-state index contributed by atoms with van der Waals surface area (Å²) in [7, 11) is 1.77. The van der Waals surface area contributed by atoms with Crippen LogP contribution in [0.4, 0.5) is 0 Å². The van der Waals surface area contributed by atoms with Crippen molar-refractivity contribution in [3.8, 4) is 0 Å². The van der Waals surface area contributed by atoms with Crippen LogP contribution in [0.3, 0.4) is 0 Å². The lowest BCUT2D eigenvalue weighted by Crippen LogP contribution is -2.53. The molecule has 1 aliphatic carbocycles. The maximum absolute atomic E-state index is 11.9. The third-order valence-electron chi connectivity index (χ3n) is 3.69. The second-order valence-electron chi connectivity index (χ2n) is 5.23. The predicted molar refractivity (Wildman–Crippen MR) is 71.5 cm³/mol. The summed E-state index contributed by atoms with van der Waals surface area (Å²) in [5.41, 5.74) is -0.734. The molecule has 1 fully saturated rings. The monoisotopic (exact) mass is 257 g/mol. The molecule has 4 nitrogen and oxygen atoms in total. The molecule has 0 saturated heterocycles. The highest BCUT2D eigenvalue weighted by atomic mass is 16.5. The first-order chi connectivity index (χ1) is 8.62. The van der Waals surface area contributed by atoms with E-state index in [2.05, 4.69) is 5.32 Å². The lowest BCUT2D eigenvalue weighted by atomic mass is 10.0. The van der Waals surface area contributed by atoms with E-state index in [4.69, 9.17) is 9.47 Å². The topological polar surface area (TPSA) is 47.6 Å². The molecule has 0 aromatic carbocycles. The lowest BCUT2D eigenvalue weighted by Gasteiger charge is -2.28. The summed E-state index contributed by atoms with van der Waals surface area (Å²) in [4.78, 5) is 11.9.